The van der Waals surface area contributed by atoms with Gasteiger partial charge in [0.1, 0.15) is 12.3 Å². The number of rotatable bonds is 7. The maximum Gasteiger partial charge on any atom is 0.414 e. The van der Waals surface area contributed by atoms with Crippen molar-refractivity contribution in [2.24, 2.45) is 0 Å². The zero-order valence-corrected chi connectivity index (χ0v) is 19.2. The predicted molar refractivity (Wildman–Crippen MR) is 131 cm³/mol. The van der Waals surface area contributed by atoms with Crippen molar-refractivity contribution < 1.29 is 23.8 Å². The van der Waals surface area contributed by atoms with Gasteiger partial charge in [-0.25, -0.2) is 9.78 Å². The second kappa shape index (κ2) is 9.10. The number of carbonyl (C=O) groups excluding carboxylic acids is 1. The lowest BCUT2D eigenvalue weighted by Gasteiger charge is -2.11. The first-order valence-corrected chi connectivity index (χ1v) is 11.3. The van der Waals surface area contributed by atoms with Crippen LogP contribution in [0.5, 0.6) is 0 Å². The monoisotopic (exact) mass is 468 g/mol. The molecule has 3 aromatic carbocycles. The highest BCUT2D eigenvalue weighted by molar-refractivity contribution is 5.88. The van der Waals surface area contributed by atoms with Crippen LogP contribution in [0, 0.1) is 6.92 Å². The molecule has 1 amide bonds. The van der Waals surface area contributed by atoms with Crippen molar-refractivity contribution in [1.29, 1.82) is 0 Å². The van der Waals surface area contributed by atoms with Gasteiger partial charge in [-0.3, -0.25) is 10.1 Å². The molecule has 0 bridgehead atoms. The third kappa shape index (κ3) is 4.66. The summed E-state index contributed by atoms with van der Waals surface area (Å²) in [5.74, 6) is -0.114. The molecule has 0 unspecified atom stereocenters. The van der Waals surface area contributed by atoms with Crippen LogP contribution in [0.15, 0.2) is 83.3 Å². The lowest BCUT2D eigenvalue weighted by atomic mass is 9.93. The van der Waals surface area contributed by atoms with Crippen LogP contribution in [0.25, 0.3) is 22.4 Å². The summed E-state index contributed by atoms with van der Waals surface area (Å²) in [6.45, 7) is 1.86. The minimum Gasteiger partial charge on any atom is -0.481 e. The van der Waals surface area contributed by atoms with Crippen molar-refractivity contribution in [3.63, 3.8) is 0 Å². The van der Waals surface area contributed by atoms with Crippen LogP contribution in [0.4, 0.5) is 10.7 Å². The number of carboxylic acids is 1. The Morgan fingerprint density at radius 3 is 2.14 bits per heavy atom. The number of aromatic nitrogens is 1. The quantitative estimate of drug-likeness (QED) is 0.336. The normalized spacial score (nSPS) is 13.7. The van der Waals surface area contributed by atoms with Crippen LogP contribution in [0.3, 0.4) is 0 Å². The van der Waals surface area contributed by atoms with Gasteiger partial charge in [0.05, 0.1) is 5.41 Å². The molecule has 35 heavy (non-hydrogen) atoms. The summed E-state index contributed by atoms with van der Waals surface area (Å²) in [6.07, 6.45) is 0.741. The molecule has 1 aliphatic rings. The van der Waals surface area contributed by atoms with Gasteiger partial charge in [0, 0.05) is 12.5 Å². The average Bonchev–Trinajstić information content (AvgIpc) is 3.62. The second-order valence-electron chi connectivity index (χ2n) is 8.64. The van der Waals surface area contributed by atoms with Crippen LogP contribution < -0.4 is 5.32 Å². The zero-order chi connectivity index (χ0) is 24.4. The molecule has 176 valence electrons. The number of oxazole rings is 1. The number of carbonyl (C=O) groups is 2. The number of nitrogens with one attached hydrogen (secondary N) is 1. The van der Waals surface area contributed by atoms with Crippen LogP contribution >= 0.6 is 0 Å². The molecule has 4 aromatic rings. The predicted octanol–water partition coefficient (Wildman–Crippen LogP) is 6.18. The SMILES string of the molecule is Cc1nc(-c2ccc(-c3ccc(C4(C(=O)O)CC4)cc3)cc2)c(NC(=O)OCc2ccccc2)o1. The van der Waals surface area contributed by atoms with Crippen molar-refractivity contribution in [3.05, 3.63) is 95.9 Å². The van der Waals surface area contributed by atoms with Crippen molar-refractivity contribution in [1.82, 2.24) is 4.98 Å². The molecule has 0 aliphatic heterocycles. The van der Waals surface area contributed by atoms with Crippen molar-refractivity contribution in [2.75, 3.05) is 5.32 Å². The Bertz CT molecular complexity index is 1350. The Morgan fingerprint density at radius 1 is 0.943 bits per heavy atom. The largest absolute Gasteiger partial charge is 0.481 e. The van der Waals surface area contributed by atoms with Gasteiger partial charge in [-0.05, 0) is 35.1 Å². The van der Waals surface area contributed by atoms with E-state index in [1.54, 1.807) is 6.92 Å². The van der Waals surface area contributed by atoms with Gasteiger partial charge in [0.25, 0.3) is 0 Å². The fourth-order valence-electron chi connectivity index (χ4n) is 4.11. The number of nitrogens with zero attached hydrogens (tertiary/aromatic N) is 1. The van der Waals surface area contributed by atoms with E-state index in [2.05, 4.69) is 10.3 Å². The smallest absolute Gasteiger partial charge is 0.414 e. The highest BCUT2D eigenvalue weighted by atomic mass is 16.6. The van der Waals surface area contributed by atoms with E-state index in [0.29, 0.717) is 24.4 Å². The summed E-state index contributed by atoms with van der Waals surface area (Å²) in [5, 5.41) is 12.1. The second-order valence-corrected chi connectivity index (χ2v) is 8.64. The van der Waals surface area contributed by atoms with Gasteiger partial charge in [-0.1, -0.05) is 78.9 Å². The molecule has 1 heterocycles. The molecule has 0 spiro atoms. The van der Waals surface area contributed by atoms with E-state index in [1.165, 1.54) is 0 Å². The number of ether oxygens (including phenoxy) is 1. The molecule has 0 radical (unpaired) electrons. The number of aryl methyl sites for hydroxylation is 1. The summed E-state index contributed by atoms with van der Waals surface area (Å²) < 4.78 is 10.9. The van der Waals surface area contributed by atoms with E-state index < -0.39 is 17.5 Å². The molecular weight excluding hydrogens is 444 g/mol. The van der Waals surface area contributed by atoms with E-state index >= 15 is 0 Å². The third-order valence-corrected chi connectivity index (χ3v) is 6.25. The zero-order valence-electron chi connectivity index (χ0n) is 19.2. The minimum atomic E-state index is -0.758. The molecule has 1 fully saturated rings. The first kappa shape index (κ1) is 22.4. The van der Waals surface area contributed by atoms with Crippen LogP contribution in [0.2, 0.25) is 0 Å². The Kier molecular flexibility index (Phi) is 5.82. The standard InChI is InChI=1S/C28H24N2O5/c1-18-29-24(25(35-18)30-27(33)34-17-19-5-3-2-4-6-19)22-9-7-20(8-10-22)21-11-13-23(14-12-21)28(15-16-28)26(31)32/h2-14H,15-17H2,1H3,(H,30,33)(H,31,32). The van der Waals surface area contributed by atoms with Crippen molar-refractivity contribution in [2.45, 2.75) is 31.8 Å². The molecule has 1 aliphatic carbocycles. The molecule has 1 saturated carbocycles. The van der Waals surface area contributed by atoms with Gasteiger partial charge in [-0.15, -0.1) is 0 Å². The molecular formula is C28H24N2O5. The lowest BCUT2D eigenvalue weighted by molar-refractivity contribution is -0.140. The maximum absolute atomic E-state index is 12.3. The van der Waals surface area contributed by atoms with E-state index in [1.807, 2.05) is 78.9 Å². The Labute approximate surface area is 202 Å². The van der Waals surface area contributed by atoms with Gasteiger partial charge in [0.15, 0.2) is 5.89 Å². The number of hydrogen-bond acceptors (Lipinski definition) is 5. The van der Waals surface area contributed by atoms with E-state index in [-0.39, 0.29) is 12.5 Å². The number of carboxylic acid groups (broad SMARTS) is 1. The lowest BCUT2D eigenvalue weighted by Crippen LogP contribution is -2.19. The fraction of sp³-hybridized carbons (Fsp3) is 0.179. The molecule has 5 rings (SSSR count). The molecule has 7 heteroatoms. The fourth-order valence-corrected chi connectivity index (χ4v) is 4.11. The summed E-state index contributed by atoms with van der Waals surface area (Å²) >= 11 is 0. The Morgan fingerprint density at radius 2 is 1.54 bits per heavy atom. The minimum absolute atomic E-state index is 0.149. The summed E-state index contributed by atoms with van der Waals surface area (Å²) in [5.41, 5.74) is 4.28. The number of hydrogen-bond donors (Lipinski definition) is 2. The number of benzene rings is 3. The van der Waals surface area contributed by atoms with Gasteiger partial charge < -0.3 is 14.3 Å². The summed E-state index contributed by atoms with van der Waals surface area (Å²) in [6, 6.07) is 24.8. The van der Waals surface area contributed by atoms with Crippen LogP contribution in [0.1, 0.15) is 29.9 Å². The molecule has 0 atom stereocenters. The Hall–Kier alpha value is -4.39. The number of anilines is 1. The Balaban J connectivity index is 1.29. The molecule has 7 nitrogen and oxygen atoms in total. The number of amides is 1. The first-order chi connectivity index (χ1) is 16.9. The third-order valence-electron chi connectivity index (χ3n) is 6.25. The first-order valence-electron chi connectivity index (χ1n) is 11.3. The summed E-state index contributed by atoms with van der Waals surface area (Å²) in [7, 11) is 0. The van der Waals surface area contributed by atoms with Gasteiger partial charge in [-0.2, -0.15) is 0 Å². The maximum atomic E-state index is 12.3. The van der Waals surface area contributed by atoms with Crippen molar-refractivity contribution in [3.8, 4) is 22.4 Å². The average molecular weight is 469 g/mol. The highest BCUT2D eigenvalue weighted by Crippen LogP contribution is 2.48. The van der Waals surface area contributed by atoms with Gasteiger partial charge >= 0.3 is 12.1 Å². The molecule has 2 N–H and O–H groups in total. The molecule has 0 saturated heterocycles. The van der Waals surface area contributed by atoms with E-state index in [9.17, 15) is 14.7 Å². The van der Waals surface area contributed by atoms with Gasteiger partial charge in [0.2, 0.25) is 5.88 Å². The molecule has 1 aromatic heterocycles. The van der Waals surface area contributed by atoms with E-state index in [4.69, 9.17) is 9.15 Å². The van der Waals surface area contributed by atoms with Crippen molar-refractivity contribution >= 4 is 17.9 Å². The van der Waals surface area contributed by atoms with Crippen LogP contribution in [-0.2, 0) is 21.6 Å². The van der Waals surface area contributed by atoms with E-state index in [0.717, 1.165) is 27.8 Å². The van der Waals surface area contributed by atoms with Crippen LogP contribution in [-0.4, -0.2) is 22.2 Å². The topological polar surface area (TPSA) is 102 Å². The number of aliphatic carboxylic acids is 1. The highest BCUT2D eigenvalue weighted by Gasteiger charge is 2.51. The summed E-state index contributed by atoms with van der Waals surface area (Å²) in [4.78, 5) is 28.3.